The van der Waals surface area contributed by atoms with Crippen LogP contribution in [0.2, 0.25) is 0 Å². The van der Waals surface area contributed by atoms with E-state index in [1.165, 1.54) is 135 Å². The second-order valence-corrected chi connectivity index (χ2v) is 17.9. The zero-order valence-electron chi connectivity index (χ0n) is 32.4. The highest BCUT2D eigenvalue weighted by Gasteiger charge is 2.41. The van der Waals surface area contributed by atoms with E-state index in [1.807, 2.05) is 0 Å². The number of hydrogen-bond acceptors (Lipinski definition) is 1. The summed E-state index contributed by atoms with van der Waals surface area (Å²) in [6, 6.07) is 54.1. The third-order valence-corrected chi connectivity index (χ3v) is 14.5. The molecule has 0 N–H and O–H groups in total. The predicted octanol–water partition coefficient (Wildman–Crippen LogP) is 15.4. The molecule has 3 saturated carbocycles. The average molecular weight is 714 g/mol. The third kappa shape index (κ3) is 5.41. The van der Waals surface area contributed by atoms with Crippen molar-refractivity contribution < 1.29 is 0 Å². The van der Waals surface area contributed by atoms with E-state index in [4.69, 9.17) is 0 Å². The van der Waals surface area contributed by atoms with Crippen molar-refractivity contribution in [3.63, 3.8) is 0 Å². The molecule has 0 spiro atoms. The van der Waals surface area contributed by atoms with Crippen LogP contribution in [0.4, 0.5) is 17.1 Å². The Morgan fingerprint density at radius 3 is 2.11 bits per heavy atom. The van der Waals surface area contributed by atoms with Gasteiger partial charge < -0.3 is 4.90 Å². The highest BCUT2D eigenvalue weighted by Crippen LogP contribution is 2.56. The lowest BCUT2D eigenvalue weighted by Crippen LogP contribution is -2.17. The molecule has 11 rings (SSSR count). The van der Waals surface area contributed by atoms with Crippen molar-refractivity contribution in [3.05, 3.63) is 162 Å². The van der Waals surface area contributed by atoms with Crippen LogP contribution in [0.25, 0.3) is 43.8 Å². The molecule has 4 aliphatic carbocycles. The average Bonchev–Trinajstić information content (AvgIpc) is 3.94. The summed E-state index contributed by atoms with van der Waals surface area (Å²) in [4.78, 5) is 2.63. The van der Waals surface area contributed by atoms with E-state index in [0.717, 1.165) is 17.8 Å². The van der Waals surface area contributed by atoms with Crippen LogP contribution in [0.1, 0.15) is 106 Å². The van der Waals surface area contributed by atoms with Gasteiger partial charge in [0.25, 0.3) is 0 Å². The molecule has 0 amide bonds. The minimum Gasteiger partial charge on any atom is -0.310 e. The van der Waals surface area contributed by atoms with Crippen LogP contribution in [0.3, 0.4) is 0 Å². The summed E-state index contributed by atoms with van der Waals surface area (Å²) in [5.74, 6) is 3.12. The summed E-state index contributed by atoms with van der Waals surface area (Å²) in [5.41, 5.74) is 14.9. The Bertz CT molecular complexity index is 2580. The SMILES string of the molecule is CC1(C)c2ccccc2-c2c(-c3ccc4ccccc4c3)cc(N(c3ccc(C4CC5CCC4C5)cc3)c3cccc4cccc(C5CCCCC5)c34)cc21. The summed E-state index contributed by atoms with van der Waals surface area (Å²) in [6.45, 7) is 4.86. The number of rotatable bonds is 6. The van der Waals surface area contributed by atoms with Crippen LogP contribution in [0.5, 0.6) is 0 Å². The fraction of sp³-hybridized carbons (Fsp3) is 0.296. The molecule has 0 aliphatic heterocycles. The van der Waals surface area contributed by atoms with E-state index in [0.29, 0.717) is 5.92 Å². The van der Waals surface area contributed by atoms with Crippen molar-refractivity contribution in [1.29, 1.82) is 0 Å². The van der Waals surface area contributed by atoms with E-state index >= 15 is 0 Å². The Kier molecular flexibility index (Phi) is 7.84. The highest BCUT2D eigenvalue weighted by molar-refractivity contribution is 6.03. The molecule has 2 bridgehead atoms. The summed E-state index contributed by atoms with van der Waals surface area (Å²) >= 11 is 0. The largest absolute Gasteiger partial charge is 0.310 e. The van der Waals surface area contributed by atoms with Gasteiger partial charge in [0, 0.05) is 22.2 Å². The smallest absolute Gasteiger partial charge is 0.0542 e. The summed E-state index contributed by atoms with van der Waals surface area (Å²) in [6.07, 6.45) is 12.2. The second-order valence-electron chi connectivity index (χ2n) is 17.9. The lowest BCUT2D eigenvalue weighted by Gasteiger charge is -2.32. The zero-order valence-corrected chi connectivity index (χ0v) is 32.4. The van der Waals surface area contributed by atoms with Crippen LogP contribution < -0.4 is 4.90 Å². The molecule has 1 heteroatoms. The molecule has 272 valence electrons. The van der Waals surface area contributed by atoms with Crippen molar-refractivity contribution in [2.24, 2.45) is 11.8 Å². The predicted molar refractivity (Wildman–Crippen MR) is 233 cm³/mol. The van der Waals surface area contributed by atoms with Crippen LogP contribution in [-0.4, -0.2) is 0 Å². The van der Waals surface area contributed by atoms with Gasteiger partial charge in [0.1, 0.15) is 0 Å². The first-order valence-electron chi connectivity index (χ1n) is 21.2. The van der Waals surface area contributed by atoms with Crippen molar-refractivity contribution in [3.8, 4) is 22.3 Å². The number of nitrogens with zero attached hydrogens (tertiary/aromatic N) is 1. The molecule has 7 aromatic rings. The number of anilines is 3. The van der Waals surface area contributed by atoms with Gasteiger partial charge in [-0.2, -0.15) is 0 Å². The topological polar surface area (TPSA) is 3.24 Å². The van der Waals surface area contributed by atoms with Gasteiger partial charge in [-0.25, -0.2) is 0 Å². The van der Waals surface area contributed by atoms with Gasteiger partial charge in [0.05, 0.1) is 5.69 Å². The molecule has 7 aromatic carbocycles. The first-order chi connectivity index (χ1) is 27.0. The summed E-state index contributed by atoms with van der Waals surface area (Å²) in [5, 5.41) is 5.32. The van der Waals surface area contributed by atoms with E-state index in [9.17, 15) is 0 Å². The fourth-order valence-electron chi connectivity index (χ4n) is 11.8. The normalized spacial score (nSPS) is 21.2. The summed E-state index contributed by atoms with van der Waals surface area (Å²) < 4.78 is 0. The van der Waals surface area contributed by atoms with Gasteiger partial charge in [-0.15, -0.1) is 0 Å². The fourth-order valence-corrected chi connectivity index (χ4v) is 11.8. The van der Waals surface area contributed by atoms with Gasteiger partial charge in [0.2, 0.25) is 0 Å². The maximum absolute atomic E-state index is 2.63. The van der Waals surface area contributed by atoms with Gasteiger partial charge in [-0.3, -0.25) is 0 Å². The van der Waals surface area contributed by atoms with E-state index in [1.54, 1.807) is 5.56 Å². The number of hydrogen-bond donors (Lipinski definition) is 0. The molecule has 0 saturated heterocycles. The molecular weight excluding hydrogens is 663 g/mol. The minimum atomic E-state index is -0.142. The van der Waals surface area contributed by atoms with Crippen molar-refractivity contribution in [2.75, 3.05) is 4.90 Å². The van der Waals surface area contributed by atoms with E-state index in [-0.39, 0.29) is 5.41 Å². The maximum Gasteiger partial charge on any atom is 0.0542 e. The Labute approximate surface area is 327 Å². The number of benzene rings is 7. The molecule has 3 atom stereocenters. The molecule has 3 unspecified atom stereocenters. The lowest BCUT2D eigenvalue weighted by molar-refractivity contribution is 0.420. The van der Waals surface area contributed by atoms with Crippen LogP contribution >= 0.6 is 0 Å². The van der Waals surface area contributed by atoms with Crippen LogP contribution in [0.15, 0.2) is 140 Å². The lowest BCUT2D eigenvalue weighted by atomic mass is 9.81. The second kappa shape index (κ2) is 13.0. The quantitative estimate of drug-likeness (QED) is 0.166. The Hall–Kier alpha value is -5.14. The molecule has 4 aliphatic rings. The Balaban J connectivity index is 1.16. The van der Waals surface area contributed by atoms with Gasteiger partial charge in [0.15, 0.2) is 0 Å². The molecule has 3 fully saturated rings. The number of fused-ring (bicyclic) bond motifs is 7. The first-order valence-corrected chi connectivity index (χ1v) is 21.2. The minimum absolute atomic E-state index is 0.142. The van der Waals surface area contributed by atoms with Gasteiger partial charge in [-0.05, 0) is 153 Å². The van der Waals surface area contributed by atoms with Gasteiger partial charge >= 0.3 is 0 Å². The van der Waals surface area contributed by atoms with Crippen molar-refractivity contribution >= 4 is 38.6 Å². The third-order valence-electron chi connectivity index (χ3n) is 14.5. The van der Waals surface area contributed by atoms with Crippen LogP contribution in [-0.2, 0) is 5.41 Å². The monoisotopic (exact) mass is 713 g/mol. The Morgan fingerprint density at radius 2 is 1.31 bits per heavy atom. The first kappa shape index (κ1) is 33.2. The molecule has 55 heavy (non-hydrogen) atoms. The van der Waals surface area contributed by atoms with Crippen molar-refractivity contribution in [1.82, 2.24) is 0 Å². The molecule has 0 heterocycles. The zero-order chi connectivity index (χ0) is 36.7. The molecule has 0 aromatic heterocycles. The molecule has 0 radical (unpaired) electrons. The van der Waals surface area contributed by atoms with E-state index in [2.05, 4.69) is 158 Å². The van der Waals surface area contributed by atoms with E-state index < -0.39 is 0 Å². The van der Waals surface area contributed by atoms with Crippen LogP contribution in [0, 0.1) is 11.8 Å². The molecule has 1 nitrogen and oxygen atoms in total. The molecular formula is C54H51N. The maximum atomic E-state index is 2.63. The Morgan fingerprint density at radius 1 is 0.545 bits per heavy atom. The van der Waals surface area contributed by atoms with Crippen molar-refractivity contribution in [2.45, 2.75) is 88.9 Å². The summed E-state index contributed by atoms with van der Waals surface area (Å²) in [7, 11) is 0. The van der Waals surface area contributed by atoms with Gasteiger partial charge in [-0.1, -0.05) is 143 Å². The standard InChI is InChI=1S/C54H51N/c1-54(2)49-20-9-8-18-46(49)53-48(42-25-24-36-12-6-7-15-40(36)32-42)33-44(34-50(53)54)55(43-28-26-38(27-29-43)47-31-35-22-23-41(47)30-35)51-21-11-17-39-16-10-19-45(52(39)51)37-13-4-3-5-14-37/h6-12,15-21,24-29,32-35,37,41,47H,3-5,13-14,22-23,30-31H2,1-2H3. The highest BCUT2D eigenvalue weighted by atomic mass is 15.1.